The normalized spacial score (nSPS) is 12.9. The van der Waals surface area contributed by atoms with Crippen LogP contribution in [-0.2, 0) is 15.7 Å². The lowest BCUT2D eigenvalue weighted by Crippen LogP contribution is -2.19. The molecular weight excluding hydrogens is 325 g/mol. The van der Waals surface area contributed by atoms with Crippen molar-refractivity contribution >= 4 is 5.97 Å². The van der Waals surface area contributed by atoms with Crippen molar-refractivity contribution in [2.75, 3.05) is 13.7 Å². The molecule has 0 aliphatic rings. The highest BCUT2D eigenvalue weighted by Gasteiger charge is 2.41. The van der Waals surface area contributed by atoms with Gasteiger partial charge in [-0.05, 0) is 19.9 Å². The van der Waals surface area contributed by atoms with Crippen LogP contribution in [0, 0.1) is 0 Å². The highest BCUT2D eigenvalue weighted by molar-refractivity contribution is 5.90. The van der Waals surface area contributed by atoms with Gasteiger partial charge in [0.15, 0.2) is 5.69 Å². The minimum absolute atomic E-state index is 0.0292. The summed E-state index contributed by atoms with van der Waals surface area (Å²) in [5.41, 5.74) is -1.08. The Morgan fingerprint density at radius 1 is 1.33 bits per heavy atom. The molecule has 0 amide bonds. The number of ether oxygens (including phenoxy) is 2. The summed E-state index contributed by atoms with van der Waals surface area (Å²) in [5.74, 6) is -1.06. The molecule has 0 N–H and O–H groups in total. The summed E-state index contributed by atoms with van der Waals surface area (Å²) in [4.78, 5) is 11.8. The molecular formula is C16H17F3N2O3. The topological polar surface area (TPSA) is 53.3 Å². The molecule has 0 bridgehead atoms. The van der Waals surface area contributed by atoms with E-state index < -0.39 is 29.5 Å². The fourth-order valence-corrected chi connectivity index (χ4v) is 2.31. The Balaban J connectivity index is 2.67. The van der Waals surface area contributed by atoms with Crippen LogP contribution in [-0.4, -0.2) is 29.5 Å². The Morgan fingerprint density at radius 2 is 2.00 bits per heavy atom. The number of carbonyl (C=O) groups excluding carboxylic acids is 1. The zero-order valence-corrected chi connectivity index (χ0v) is 13.4. The number of carbonyl (C=O) groups is 1. The second-order valence-corrected chi connectivity index (χ2v) is 4.97. The monoisotopic (exact) mass is 342 g/mol. The Morgan fingerprint density at radius 3 is 2.58 bits per heavy atom. The molecule has 0 fully saturated rings. The third-order valence-corrected chi connectivity index (χ3v) is 3.49. The first-order valence-corrected chi connectivity index (χ1v) is 7.25. The van der Waals surface area contributed by atoms with Crippen molar-refractivity contribution in [1.29, 1.82) is 0 Å². The summed E-state index contributed by atoms with van der Waals surface area (Å²) in [5, 5.41) is 3.77. The third-order valence-electron chi connectivity index (χ3n) is 3.49. The standard InChI is InChI=1S/C16H17F3N2O3/c1-4-24-15(22)12-9-20-21(14(12)16(17,18)19)13-8-6-5-7-11(13)10(2)23-3/h5-10H,4H2,1-3H3. The van der Waals surface area contributed by atoms with Crippen molar-refractivity contribution in [2.24, 2.45) is 0 Å². The molecule has 130 valence electrons. The average molecular weight is 342 g/mol. The van der Waals surface area contributed by atoms with Crippen LogP contribution in [0.5, 0.6) is 0 Å². The second kappa shape index (κ2) is 7.04. The smallest absolute Gasteiger partial charge is 0.434 e. The van der Waals surface area contributed by atoms with Crippen LogP contribution in [0.3, 0.4) is 0 Å². The molecule has 1 unspecified atom stereocenters. The molecule has 0 radical (unpaired) electrons. The molecule has 24 heavy (non-hydrogen) atoms. The van der Waals surface area contributed by atoms with Gasteiger partial charge in [-0.25, -0.2) is 9.48 Å². The Labute approximate surface area is 137 Å². The first-order chi connectivity index (χ1) is 11.3. The van der Waals surface area contributed by atoms with Crippen LogP contribution in [0.15, 0.2) is 30.5 Å². The minimum Gasteiger partial charge on any atom is -0.462 e. The summed E-state index contributed by atoms with van der Waals surface area (Å²) in [6.07, 6.45) is -4.35. The number of esters is 1. The largest absolute Gasteiger partial charge is 0.462 e. The van der Waals surface area contributed by atoms with Gasteiger partial charge in [0.05, 0.1) is 24.6 Å². The fourth-order valence-electron chi connectivity index (χ4n) is 2.31. The van der Waals surface area contributed by atoms with Crippen molar-refractivity contribution in [3.63, 3.8) is 0 Å². The number of benzene rings is 1. The van der Waals surface area contributed by atoms with Gasteiger partial charge in [-0.1, -0.05) is 18.2 Å². The maximum atomic E-state index is 13.5. The molecule has 5 nitrogen and oxygen atoms in total. The summed E-state index contributed by atoms with van der Waals surface area (Å²) < 4.78 is 51.2. The first-order valence-electron chi connectivity index (χ1n) is 7.25. The summed E-state index contributed by atoms with van der Waals surface area (Å²) in [7, 11) is 1.46. The molecule has 1 heterocycles. The molecule has 8 heteroatoms. The average Bonchev–Trinajstić information content (AvgIpc) is 2.99. The van der Waals surface area contributed by atoms with Crippen molar-refractivity contribution in [3.05, 3.63) is 47.3 Å². The first kappa shape index (κ1) is 18.0. The van der Waals surface area contributed by atoms with E-state index in [9.17, 15) is 18.0 Å². The number of nitrogens with zero attached hydrogens (tertiary/aromatic N) is 2. The van der Waals surface area contributed by atoms with E-state index in [1.165, 1.54) is 20.1 Å². The van der Waals surface area contributed by atoms with Crippen LogP contribution in [0.2, 0.25) is 0 Å². The third kappa shape index (κ3) is 3.43. The molecule has 1 aromatic carbocycles. The predicted molar refractivity (Wildman–Crippen MR) is 79.9 cm³/mol. The number of hydrogen-bond donors (Lipinski definition) is 0. The second-order valence-electron chi connectivity index (χ2n) is 4.97. The lowest BCUT2D eigenvalue weighted by atomic mass is 10.1. The number of halogens is 3. The van der Waals surface area contributed by atoms with Crippen LogP contribution in [0.25, 0.3) is 5.69 Å². The molecule has 0 aliphatic carbocycles. The van der Waals surface area contributed by atoms with Gasteiger partial charge >= 0.3 is 12.1 Å². The lowest BCUT2D eigenvalue weighted by molar-refractivity contribution is -0.143. The molecule has 1 aromatic heterocycles. The quantitative estimate of drug-likeness (QED) is 0.776. The number of alkyl halides is 3. The maximum Gasteiger partial charge on any atom is 0.434 e. The number of para-hydroxylation sites is 1. The van der Waals surface area contributed by atoms with E-state index in [0.717, 1.165) is 6.20 Å². The molecule has 0 spiro atoms. The Hall–Kier alpha value is -2.35. The lowest BCUT2D eigenvalue weighted by Gasteiger charge is -2.18. The van der Waals surface area contributed by atoms with Gasteiger partial charge in [0.2, 0.25) is 0 Å². The maximum absolute atomic E-state index is 13.5. The number of rotatable bonds is 5. The van der Waals surface area contributed by atoms with Crippen molar-refractivity contribution < 1.29 is 27.4 Å². The predicted octanol–water partition coefficient (Wildman–Crippen LogP) is 3.78. The Kier molecular flexibility index (Phi) is 5.28. The molecule has 0 saturated carbocycles. The molecule has 0 saturated heterocycles. The van der Waals surface area contributed by atoms with Gasteiger partial charge in [-0.15, -0.1) is 0 Å². The van der Waals surface area contributed by atoms with Gasteiger partial charge in [0.25, 0.3) is 0 Å². The van der Waals surface area contributed by atoms with E-state index in [0.29, 0.717) is 10.2 Å². The minimum atomic E-state index is -4.78. The van der Waals surface area contributed by atoms with Crippen molar-refractivity contribution in [2.45, 2.75) is 26.1 Å². The van der Waals surface area contributed by atoms with E-state index in [1.807, 2.05) is 0 Å². The van der Waals surface area contributed by atoms with E-state index in [2.05, 4.69) is 5.10 Å². The highest BCUT2D eigenvalue weighted by atomic mass is 19.4. The SMILES string of the molecule is CCOC(=O)c1cnn(-c2ccccc2C(C)OC)c1C(F)(F)F. The van der Waals surface area contributed by atoms with E-state index in [-0.39, 0.29) is 12.3 Å². The summed E-state index contributed by atoms with van der Waals surface area (Å²) in [6, 6.07) is 6.42. The van der Waals surface area contributed by atoms with Gasteiger partial charge < -0.3 is 9.47 Å². The van der Waals surface area contributed by atoms with E-state index in [1.54, 1.807) is 25.1 Å². The molecule has 2 aromatic rings. The van der Waals surface area contributed by atoms with E-state index >= 15 is 0 Å². The number of aromatic nitrogens is 2. The van der Waals surface area contributed by atoms with Crippen molar-refractivity contribution in [1.82, 2.24) is 9.78 Å². The molecule has 0 aliphatic heterocycles. The zero-order valence-electron chi connectivity index (χ0n) is 13.4. The van der Waals surface area contributed by atoms with Crippen LogP contribution >= 0.6 is 0 Å². The summed E-state index contributed by atoms with van der Waals surface area (Å²) >= 11 is 0. The summed E-state index contributed by atoms with van der Waals surface area (Å²) in [6.45, 7) is 3.20. The molecule has 1 atom stereocenters. The van der Waals surface area contributed by atoms with Crippen LogP contribution < -0.4 is 0 Å². The van der Waals surface area contributed by atoms with Crippen LogP contribution in [0.1, 0.15) is 41.6 Å². The van der Waals surface area contributed by atoms with Crippen LogP contribution in [0.4, 0.5) is 13.2 Å². The Bertz CT molecular complexity index is 726. The van der Waals surface area contributed by atoms with Gasteiger partial charge in [0.1, 0.15) is 5.56 Å². The van der Waals surface area contributed by atoms with E-state index in [4.69, 9.17) is 9.47 Å². The van der Waals surface area contributed by atoms with Crippen molar-refractivity contribution in [3.8, 4) is 5.69 Å². The van der Waals surface area contributed by atoms with Gasteiger partial charge in [-0.2, -0.15) is 18.3 Å². The van der Waals surface area contributed by atoms with Gasteiger partial charge in [-0.3, -0.25) is 0 Å². The number of hydrogen-bond acceptors (Lipinski definition) is 4. The number of methoxy groups -OCH3 is 1. The van der Waals surface area contributed by atoms with Gasteiger partial charge in [0, 0.05) is 12.7 Å². The molecule has 2 rings (SSSR count). The fraction of sp³-hybridized carbons (Fsp3) is 0.375. The highest BCUT2D eigenvalue weighted by Crippen LogP contribution is 2.35. The zero-order chi connectivity index (χ0) is 17.9.